The fraction of sp³-hybridized carbons (Fsp3) is 0.467. The lowest BCUT2D eigenvalue weighted by molar-refractivity contribution is -0.124. The number of aromatic nitrogens is 2. The van der Waals surface area contributed by atoms with Gasteiger partial charge in [0.1, 0.15) is 6.61 Å². The smallest absolute Gasteiger partial charge is 0.246 e. The predicted octanol–water partition coefficient (Wildman–Crippen LogP) is 1.22. The van der Waals surface area contributed by atoms with Gasteiger partial charge in [0, 0.05) is 26.7 Å². The number of thiophene rings is 1. The summed E-state index contributed by atoms with van der Waals surface area (Å²) in [5, 5.41) is 11.7. The van der Waals surface area contributed by atoms with E-state index in [1.165, 1.54) is 18.4 Å². The highest BCUT2D eigenvalue weighted by atomic mass is 32.1. The highest BCUT2D eigenvalue weighted by Gasteiger charge is 2.18. The molecule has 6 nitrogen and oxygen atoms in total. The van der Waals surface area contributed by atoms with Gasteiger partial charge < -0.3 is 10.1 Å². The molecule has 3 heterocycles. The van der Waals surface area contributed by atoms with Crippen LogP contribution in [0.4, 0.5) is 0 Å². The summed E-state index contributed by atoms with van der Waals surface area (Å²) in [7, 11) is 1.51. The molecule has 2 aromatic heterocycles. The Morgan fingerprint density at radius 2 is 2.41 bits per heavy atom. The maximum Gasteiger partial charge on any atom is 0.246 e. The van der Waals surface area contributed by atoms with Crippen molar-refractivity contribution in [3.8, 4) is 0 Å². The molecule has 7 heteroatoms. The number of nitrogens with zero attached hydrogens (tertiary/aromatic N) is 3. The summed E-state index contributed by atoms with van der Waals surface area (Å²) >= 11 is 1.74. The number of ether oxygens (including phenoxy) is 1. The quantitative estimate of drug-likeness (QED) is 0.869. The van der Waals surface area contributed by atoms with E-state index >= 15 is 0 Å². The molecule has 2 aromatic rings. The van der Waals surface area contributed by atoms with Crippen molar-refractivity contribution in [3.05, 3.63) is 39.8 Å². The van der Waals surface area contributed by atoms with Gasteiger partial charge in [-0.3, -0.25) is 14.4 Å². The minimum atomic E-state index is -0.118. The van der Waals surface area contributed by atoms with Crippen LogP contribution in [-0.2, 0) is 35.7 Å². The topological polar surface area (TPSA) is 59.4 Å². The lowest BCUT2D eigenvalue weighted by Crippen LogP contribution is -2.33. The molecule has 0 bridgehead atoms. The SMILES string of the molecule is COCC(=O)NCc1cc2n(n1)CCN(Cc1ccsc1)C2. The van der Waals surface area contributed by atoms with Gasteiger partial charge in [0.25, 0.3) is 0 Å². The number of nitrogens with one attached hydrogen (secondary N) is 1. The predicted molar refractivity (Wildman–Crippen MR) is 84.4 cm³/mol. The summed E-state index contributed by atoms with van der Waals surface area (Å²) in [6.45, 7) is 4.31. The summed E-state index contributed by atoms with van der Waals surface area (Å²) in [6, 6.07) is 4.25. The van der Waals surface area contributed by atoms with Crippen LogP contribution in [0.15, 0.2) is 22.9 Å². The summed E-state index contributed by atoms with van der Waals surface area (Å²) < 4.78 is 6.84. The Morgan fingerprint density at radius 1 is 1.50 bits per heavy atom. The van der Waals surface area contributed by atoms with Gasteiger partial charge in [-0.25, -0.2) is 0 Å². The molecule has 1 N–H and O–H groups in total. The number of methoxy groups -OCH3 is 1. The highest BCUT2D eigenvalue weighted by molar-refractivity contribution is 7.07. The van der Waals surface area contributed by atoms with Gasteiger partial charge in [-0.1, -0.05) is 0 Å². The van der Waals surface area contributed by atoms with Crippen LogP contribution >= 0.6 is 11.3 Å². The third kappa shape index (κ3) is 3.73. The van der Waals surface area contributed by atoms with Crippen molar-refractivity contribution in [3.63, 3.8) is 0 Å². The number of hydrogen-bond acceptors (Lipinski definition) is 5. The van der Waals surface area contributed by atoms with Crippen LogP contribution < -0.4 is 5.32 Å². The van der Waals surface area contributed by atoms with Crippen LogP contribution in [0.2, 0.25) is 0 Å². The van der Waals surface area contributed by atoms with E-state index in [1.54, 1.807) is 11.3 Å². The van der Waals surface area contributed by atoms with Crippen molar-refractivity contribution in [2.24, 2.45) is 0 Å². The fourth-order valence-electron chi connectivity index (χ4n) is 2.61. The molecule has 0 fully saturated rings. The lowest BCUT2D eigenvalue weighted by Gasteiger charge is -2.27. The maximum atomic E-state index is 11.4. The van der Waals surface area contributed by atoms with Gasteiger partial charge in [-0.2, -0.15) is 16.4 Å². The zero-order chi connectivity index (χ0) is 15.4. The summed E-state index contributed by atoms with van der Waals surface area (Å²) in [4.78, 5) is 13.8. The first-order chi connectivity index (χ1) is 10.7. The van der Waals surface area contributed by atoms with Crippen LogP contribution in [0.3, 0.4) is 0 Å². The number of hydrogen-bond donors (Lipinski definition) is 1. The van der Waals surface area contributed by atoms with Crippen molar-refractivity contribution in [2.75, 3.05) is 20.3 Å². The van der Waals surface area contributed by atoms with E-state index in [-0.39, 0.29) is 12.5 Å². The highest BCUT2D eigenvalue weighted by Crippen LogP contribution is 2.17. The first kappa shape index (κ1) is 15.2. The Hall–Kier alpha value is -1.70. The molecule has 0 atom stereocenters. The van der Waals surface area contributed by atoms with Gasteiger partial charge in [-0.15, -0.1) is 0 Å². The fourth-order valence-corrected chi connectivity index (χ4v) is 3.27. The Balaban J connectivity index is 1.57. The van der Waals surface area contributed by atoms with Crippen LogP contribution in [-0.4, -0.2) is 40.8 Å². The maximum absolute atomic E-state index is 11.4. The summed E-state index contributed by atoms with van der Waals surface area (Å²) in [5.41, 5.74) is 3.47. The molecule has 0 aromatic carbocycles. The van der Waals surface area contributed by atoms with E-state index in [0.717, 1.165) is 31.9 Å². The molecule has 22 heavy (non-hydrogen) atoms. The molecule has 3 rings (SSSR count). The van der Waals surface area contributed by atoms with Crippen LogP contribution in [0.5, 0.6) is 0 Å². The molecule has 0 saturated carbocycles. The van der Waals surface area contributed by atoms with Crippen molar-refractivity contribution in [2.45, 2.75) is 26.2 Å². The van der Waals surface area contributed by atoms with Gasteiger partial charge in [-0.05, 0) is 28.5 Å². The number of carbonyl (C=O) groups is 1. The monoisotopic (exact) mass is 320 g/mol. The van der Waals surface area contributed by atoms with Gasteiger partial charge >= 0.3 is 0 Å². The molecule has 0 unspecified atom stereocenters. The minimum Gasteiger partial charge on any atom is -0.375 e. The minimum absolute atomic E-state index is 0.0853. The van der Waals surface area contributed by atoms with E-state index in [4.69, 9.17) is 4.74 Å². The normalized spacial score (nSPS) is 14.8. The van der Waals surface area contributed by atoms with Crippen LogP contribution in [0, 0.1) is 0 Å². The van der Waals surface area contributed by atoms with Crippen molar-refractivity contribution in [1.82, 2.24) is 20.0 Å². The molecule has 0 radical (unpaired) electrons. The molecule has 1 aliphatic rings. The summed E-state index contributed by atoms with van der Waals surface area (Å²) in [5.74, 6) is -0.118. The van der Waals surface area contributed by atoms with Gasteiger partial charge in [0.2, 0.25) is 5.91 Å². The Bertz CT molecular complexity index is 624. The first-order valence-corrected chi connectivity index (χ1v) is 8.23. The van der Waals surface area contributed by atoms with E-state index in [2.05, 4.69) is 38.2 Å². The van der Waals surface area contributed by atoms with Crippen LogP contribution in [0.25, 0.3) is 0 Å². The van der Waals surface area contributed by atoms with Crippen molar-refractivity contribution >= 4 is 17.2 Å². The second-order valence-corrected chi connectivity index (χ2v) is 6.18. The van der Waals surface area contributed by atoms with Gasteiger partial charge in [0.15, 0.2) is 0 Å². The standard InChI is InChI=1S/C15H20N4O2S/c1-21-10-15(20)16-7-13-6-14-9-18(3-4-19(14)17-13)8-12-2-5-22-11-12/h2,5-6,11H,3-4,7-10H2,1H3,(H,16,20). The van der Waals surface area contributed by atoms with E-state index in [0.29, 0.717) is 6.54 Å². The lowest BCUT2D eigenvalue weighted by atomic mass is 10.2. The Morgan fingerprint density at radius 3 is 3.18 bits per heavy atom. The molecule has 0 saturated heterocycles. The van der Waals surface area contributed by atoms with Crippen molar-refractivity contribution < 1.29 is 9.53 Å². The van der Waals surface area contributed by atoms with Crippen LogP contribution in [0.1, 0.15) is 17.0 Å². The number of fused-ring (bicyclic) bond motifs is 1. The third-order valence-electron chi connectivity index (χ3n) is 3.66. The van der Waals surface area contributed by atoms with E-state index < -0.39 is 0 Å². The molecule has 0 spiro atoms. The number of rotatable bonds is 6. The zero-order valence-corrected chi connectivity index (χ0v) is 13.4. The Kier molecular flexibility index (Phi) is 4.87. The molecule has 118 valence electrons. The number of amides is 1. The Labute approximate surface area is 133 Å². The second kappa shape index (κ2) is 7.04. The molecule has 1 aliphatic heterocycles. The average molecular weight is 320 g/mol. The van der Waals surface area contributed by atoms with E-state index in [1.807, 2.05) is 4.68 Å². The molecular weight excluding hydrogens is 300 g/mol. The first-order valence-electron chi connectivity index (χ1n) is 7.29. The van der Waals surface area contributed by atoms with E-state index in [9.17, 15) is 4.79 Å². The number of carbonyl (C=O) groups excluding carboxylic acids is 1. The third-order valence-corrected chi connectivity index (χ3v) is 4.39. The summed E-state index contributed by atoms with van der Waals surface area (Å²) in [6.07, 6.45) is 0. The zero-order valence-electron chi connectivity index (χ0n) is 12.6. The van der Waals surface area contributed by atoms with Crippen molar-refractivity contribution in [1.29, 1.82) is 0 Å². The van der Waals surface area contributed by atoms with Gasteiger partial charge in [0.05, 0.1) is 24.5 Å². The molecular formula is C15H20N4O2S. The largest absolute Gasteiger partial charge is 0.375 e. The second-order valence-electron chi connectivity index (χ2n) is 5.40. The average Bonchev–Trinajstić information content (AvgIpc) is 3.14. The molecule has 1 amide bonds. The molecule has 0 aliphatic carbocycles.